The molecule has 1 aliphatic heterocycles. The molecule has 0 aromatic heterocycles. The molecule has 0 aromatic carbocycles. The van der Waals surface area contributed by atoms with Gasteiger partial charge in [0.1, 0.15) is 24.4 Å². The van der Waals surface area contributed by atoms with E-state index < -0.39 is 59.9 Å². The lowest BCUT2D eigenvalue weighted by Crippen LogP contribution is -2.61. The van der Waals surface area contributed by atoms with Crippen LogP contribution in [0.4, 0.5) is 0 Å². The second-order valence-corrected chi connectivity index (χ2v) is 19.9. The number of unbranched alkanes of at least 4 members (excludes halogenated alkanes) is 34. The summed E-state index contributed by atoms with van der Waals surface area (Å²) in [6.45, 7) is 3.42. The molecule has 7 atom stereocenters. The highest BCUT2D eigenvalue weighted by atomic mass is 32.3. The molecule has 0 aliphatic carbocycles. The van der Waals surface area contributed by atoms with E-state index in [2.05, 4.69) is 23.3 Å². The smallest absolute Gasteiger partial charge is 0.394 e. The van der Waals surface area contributed by atoms with Crippen LogP contribution in [0.15, 0.2) is 12.2 Å². The van der Waals surface area contributed by atoms with Crippen molar-refractivity contribution < 1.29 is 51.8 Å². The number of carbonyl (C=O) groups is 1. The zero-order valence-electron chi connectivity index (χ0n) is 40.9. The number of rotatable bonds is 46. The largest absolute Gasteiger partial charge is 0.397 e. The summed E-state index contributed by atoms with van der Waals surface area (Å²) in [5, 5.41) is 44.9. The van der Waals surface area contributed by atoms with Gasteiger partial charge >= 0.3 is 10.4 Å². The quantitative estimate of drug-likeness (QED) is 0.0193. The van der Waals surface area contributed by atoms with Crippen molar-refractivity contribution in [2.24, 2.45) is 0 Å². The van der Waals surface area contributed by atoms with Gasteiger partial charge in [-0.1, -0.05) is 238 Å². The fourth-order valence-electron chi connectivity index (χ4n) is 8.69. The summed E-state index contributed by atoms with van der Waals surface area (Å²) in [6, 6.07) is -0.939. The Bertz CT molecular complexity index is 1190. The number of ether oxygens (including phenoxy) is 2. The van der Waals surface area contributed by atoms with Crippen molar-refractivity contribution in [2.45, 2.75) is 294 Å². The molecule has 0 aromatic rings. The topological polar surface area (TPSA) is 192 Å². The van der Waals surface area contributed by atoms with E-state index in [9.17, 15) is 38.2 Å². The number of nitrogens with one attached hydrogen (secondary N) is 1. The number of hydrogen-bond acceptors (Lipinski definition) is 10. The molecule has 1 fully saturated rings. The highest BCUT2D eigenvalue weighted by molar-refractivity contribution is 7.80. The number of aliphatic hydroxyl groups is 4. The molecule has 1 aliphatic rings. The minimum Gasteiger partial charge on any atom is -0.394 e. The van der Waals surface area contributed by atoms with Crippen LogP contribution < -0.4 is 5.32 Å². The predicted octanol–water partition coefficient (Wildman–Crippen LogP) is 11.5. The maximum Gasteiger partial charge on any atom is 0.397 e. The Labute approximate surface area is 391 Å². The monoisotopic (exact) mass is 934 g/mol. The van der Waals surface area contributed by atoms with E-state index in [1.807, 2.05) is 6.08 Å². The van der Waals surface area contributed by atoms with Gasteiger partial charge in [0.25, 0.3) is 0 Å². The molecule has 6 N–H and O–H groups in total. The van der Waals surface area contributed by atoms with E-state index in [4.69, 9.17) is 9.47 Å². The molecule has 64 heavy (non-hydrogen) atoms. The maximum absolute atomic E-state index is 13.1. The molecule has 1 heterocycles. The van der Waals surface area contributed by atoms with Crippen LogP contribution in [-0.4, -0.2) is 95.4 Å². The van der Waals surface area contributed by atoms with E-state index in [0.717, 1.165) is 38.5 Å². The molecule has 0 spiro atoms. The van der Waals surface area contributed by atoms with Crippen LogP contribution >= 0.6 is 0 Å². The minimum absolute atomic E-state index is 0.257. The molecule has 7 unspecified atom stereocenters. The highest BCUT2D eigenvalue weighted by Crippen LogP contribution is 2.26. The van der Waals surface area contributed by atoms with Gasteiger partial charge in [-0.3, -0.25) is 9.35 Å². The van der Waals surface area contributed by atoms with E-state index in [0.29, 0.717) is 6.42 Å². The van der Waals surface area contributed by atoms with Gasteiger partial charge in [0.05, 0.1) is 25.4 Å². The molecule has 1 rings (SSSR count). The third-order valence-corrected chi connectivity index (χ3v) is 13.3. The van der Waals surface area contributed by atoms with Crippen LogP contribution in [0.2, 0.25) is 0 Å². The Morgan fingerprint density at radius 2 is 0.984 bits per heavy atom. The molecule has 1 saturated heterocycles. The summed E-state index contributed by atoms with van der Waals surface area (Å²) in [4.78, 5) is 13.1. The van der Waals surface area contributed by atoms with Gasteiger partial charge < -0.3 is 35.2 Å². The van der Waals surface area contributed by atoms with Crippen molar-refractivity contribution in [1.82, 2.24) is 5.32 Å². The van der Waals surface area contributed by atoms with Gasteiger partial charge in [0.15, 0.2) is 6.29 Å². The Kier molecular flexibility index (Phi) is 39.9. The van der Waals surface area contributed by atoms with Crippen LogP contribution in [0, 0.1) is 0 Å². The molecule has 1 amide bonds. The van der Waals surface area contributed by atoms with E-state index in [1.165, 1.54) is 186 Å². The maximum atomic E-state index is 13.1. The Morgan fingerprint density at radius 1 is 0.609 bits per heavy atom. The fourth-order valence-corrected chi connectivity index (χ4v) is 9.20. The molecule has 0 saturated carbocycles. The molecule has 13 heteroatoms. The molecule has 0 bridgehead atoms. The first-order chi connectivity index (χ1) is 31.0. The molecular weight excluding hydrogens is 835 g/mol. The number of allylic oxidation sites excluding steroid dienone is 1. The predicted molar refractivity (Wildman–Crippen MR) is 259 cm³/mol. The number of amides is 1. The summed E-state index contributed by atoms with van der Waals surface area (Å²) in [5.74, 6) is -0.257. The van der Waals surface area contributed by atoms with E-state index in [-0.39, 0.29) is 18.9 Å². The Balaban J connectivity index is 2.43. The van der Waals surface area contributed by atoms with Crippen molar-refractivity contribution >= 4 is 16.3 Å². The van der Waals surface area contributed by atoms with Gasteiger partial charge in [0.2, 0.25) is 5.91 Å². The van der Waals surface area contributed by atoms with Gasteiger partial charge in [-0.25, -0.2) is 4.18 Å². The number of aliphatic hydroxyl groups excluding tert-OH is 4. The van der Waals surface area contributed by atoms with Crippen LogP contribution in [-0.2, 0) is 28.9 Å². The lowest BCUT2D eigenvalue weighted by Gasteiger charge is -2.41. The zero-order valence-corrected chi connectivity index (χ0v) is 41.7. The van der Waals surface area contributed by atoms with E-state index in [1.54, 1.807) is 6.08 Å². The van der Waals surface area contributed by atoms with Crippen LogP contribution in [0.5, 0.6) is 0 Å². The van der Waals surface area contributed by atoms with Gasteiger partial charge in [0, 0.05) is 6.42 Å². The normalized spacial score (nSPS) is 20.3. The van der Waals surface area contributed by atoms with Crippen LogP contribution in [0.3, 0.4) is 0 Å². The summed E-state index contributed by atoms with van der Waals surface area (Å²) in [6.07, 6.45) is 39.6. The molecule has 380 valence electrons. The van der Waals surface area contributed by atoms with Gasteiger partial charge in [-0.15, -0.1) is 0 Å². The van der Waals surface area contributed by atoms with Crippen molar-refractivity contribution in [3.8, 4) is 0 Å². The second kappa shape index (κ2) is 42.0. The number of hydrogen-bond donors (Lipinski definition) is 6. The van der Waals surface area contributed by atoms with Crippen LogP contribution in [0.1, 0.15) is 251 Å². The molecule has 12 nitrogen and oxygen atoms in total. The average molecular weight is 934 g/mol. The summed E-state index contributed by atoms with van der Waals surface area (Å²) in [7, 11) is -5.08. The highest BCUT2D eigenvalue weighted by Gasteiger charge is 2.48. The first-order valence-corrected chi connectivity index (χ1v) is 27.9. The SMILES string of the molecule is CCCCCCCCCCCCCCCCCC/C=C/C(O)C(COC1OC(CO)C(O)C(OS(=O)(=O)O)C1O)NC(=O)CCCCCCCCCCCCCCCCCCCCC. The first-order valence-electron chi connectivity index (χ1n) is 26.6. The first kappa shape index (κ1) is 60.9. The average Bonchev–Trinajstić information content (AvgIpc) is 3.27. The fraction of sp³-hybridized carbons (Fsp3) is 0.941. The molecular formula is C51H99NO11S. The van der Waals surface area contributed by atoms with Crippen molar-refractivity contribution in [3.05, 3.63) is 12.2 Å². The Morgan fingerprint density at radius 3 is 1.36 bits per heavy atom. The third-order valence-electron chi connectivity index (χ3n) is 12.8. The van der Waals surface area contributed by atoms with Gasteiger partial charge in [-0.05, 0) is 19.3 Å². The van der Waals surface area contributed by atoms with Crippen molar-refractivity contribution in [1.29, 1.82) is 0 Å². The Hall–Kier alpha value is -1.16. The van der Waals surface area contributed by atoms with Crippen molar-refractivity contribution in [2.75, 3.05) is 13.2 Å². The van der Waals surface area contributed by atoms with E-state index >= 15 is 0 Å². The standard InChI is InChI=1S/C51H99NO11S/c1-3-5-7-9-11-13-15-17-19-21-23-25-27-29-31-33-35-37-39-41-47(55)52-44(43-61-51-49(57)50(63-64(58,59)60)48(56)46(42-53)62-51)45(54)40-38-36-34-32-30-28-26-24-22-20-18-16-14-12-10-8-6-4-2/h38,40,44-46,48-51,53-54,56-57H,3-37,39,41-43H2,1-2H3,(H,52,55)(H,58,59,60)/b40-38+. The van der Waals surface area contributed by atoms with Gasteiger partial charge in [-0.2, -0.15) is 8.42 Å². The second-order valence-electron chi connectivity index (χ2n) is 18.8. The lowest BCUT2D eigenvalue weighted by molar-refractivity contribution is -0.298. The zero-order chi connectivity index (χ0) is 46.9. The summed E-state index contributed by atoms with van der Waals surface area (Å²) >= 11 is 0. The lowest BCUT2D eigenvalue weighted by atomic mass is 9.99. The number of carbonyl (C=O) groups excluding carboxylic acids is 1. The minimum atomic E-state index is -5.08. The van der Waals surface area contributed by atoms with Crippen LogP contribution in [0.25, 0.3) is 0 Å². The van der Waals surface area contributed by atoms with Crippen molar-refractivity contribution in [3.63, 3.8) is 0 Å². The summed E-state index contributed by atoms with van der Waals surface area (Å²) in [5.41, 5.74) is 0. The summed E-state index contributed by atoms with van der Waals surface area (Å²) < 4.78 is 47.7. The molecule has 0 radical (unpaired) electrons. The third kappa shape index (κ3) is 34.2.